The molecule has 1 aromatic carbocycles. The summed E-state index contributed by atoms with van der Waals surface area (Å²) < 4.78 is 28.9. The van der Waals surface area contributed by atoms with Gasteiger partial charge < -0.3 is 15.6 Å². The molecule has 0 atom stereocenters. The second-order valence-electron chi connectivity index (χ2n) is 3.41. The Kier molecular flexibility index (Phi) is 3.61. The Morgan fingerprint density at radius 1 is 1.42 bits per heavy atom. The molecule has 8 heteroatoms. The Hall–Kier alpha value is -2.22. The summed E-state index contributed by atoms with van der Waals surface area (Å²) >= 11 is 0.898. The molecule has 3 N–H and O–H groups in total. The van der Waals surface area contributed by atoms with E-state index in [-0.39, 0.29) is 27.0 Å². The zero-order valence-electron chi connectivity index (χ0n) is 9.34. The van der Waals surface area contributed by atoms with Gasteiger partial charge in [-0.05, 0) is 12.1 Å². The van der Waals surface area contributed by atoms with Crippen LogP contribution in [0.3, 0.4) is 0 Å². The Bertz CT molecular complexity index is 616. The molecule has 2 aromatic rings. The average molecular weight is 286 g/mol. The van der Waals surface area contributed by atoms with Gasteiger partial charge in [0.2, 0.25) is 0 Å². The molecule has 19 heavy (non-hydrogen) atoms. The van der Waals surface area contributed by atoms with Crippen molar-refractivity contribution < 1.29 is 23.4 Å². The maximum absolute atomic E-state index is 12.3. The van der Waals surface area contributed by atoms with Crippen LogP contribution in [-0.4, -0.2) is 22.7 Å². The zero-order valence-corrected chi connectivity index (χ0v) is 10.2. The Morgan fingerprint density at radius 2 is 2.11 bits per heavy atom. The first-order chi connectivity index (χ1) is 8.99. The van der Waals surface area contributed by atoms with Crippen molar-refractivity contribution in [2.45, 2.75) is 6.61 Å². The van der Waals surface area contributed by atoms with E-state index in [4.69, 9.17) is 10.8 Å². The summed E-state index contributed by atoms with van der Waals surface area (Å²) in [6.45, 7) is -2.97. The third-order valence-electron chi connectivity index (χ3n) is 2.19. The van der Waals surface area contributed by atoms with Crippen molar-refractivity contribution in [2.75, 3.05) is 5.73 Å². The maximum Gasteiger partial charge on any atom is 0.387 e. The van der Waals surface area contributed by atoms with Gasteiger partial charge in [0.05, 0.1) is 5.56 Å². The van der Waals surface area contributed by atoms with Crippen LogP contribution in [0.1, 0.15) is 10.5 Å². The normalized spacial score (nSPS) is 10.7. The summed E-state index contributed by atoms with van der Waals surface area (Å²) in [7, 11) is 0. The number of nitrogens with zero attached hydrogens (tertiary/aromatic N) is 1. The van der Waals surface area contributed by atoms with Gasteiger partial charge in [0.15, 0.2) is 5.69 Å². The van der Waals surface area contributed by atoms with E-state index in [0.717, 1.165) is 11.3 Å². The molecule has 0 saturated carbocycles. The van der Waals surface area contributed by atoms with Crippen LogP contribution < -0.4 is 10.5 Å². The standard InChI is InChI=1S/C11H8F2N2O3S/c12-11(13)18-6-4-2-1-3-5(6)9-15-7(10(16)17)8(14)19-9/h1-4,11H,14H2,(H,16,17). The first-order valence-corrected chi connectivity index (χ1v) is 5.84. The molecule has 0 unspecified atom stereocenters. The zero-order chi connectivity index (χ0) is 14.0. The van der Waals surface area contributed by atoms with E-state index in [2.05, 4.69) is 9.72 Å². The van der Waals surface area contributed by atoms with E-state index in [1.807, 2.05) is 0 Å². The largest absolute Gasteiger partial charge is 0.476 e. The summed E-state index contributed by atoms with van der Waals surface area (Å²) in [4.78, 5) is 14.7. The lowest BCUT2D eigenvalue weighted by molar-refractivity contribution is -0.0494. The van der Waals surface area contributed by atoms with Crippen molar-refractivity contribution in [1.29, 1.82) is 0 Å². The molecule has 2 rings (SSSR count). The topological polar surface area (TPSA) is 85.4 Å². The van der Waals surface area contributed by atoms with Crippen molar-refractivity contribution in [1.82, 2.24) is 4.98 Å². The lowest BCUT2D eigenvalue weighted by Crippen LogP contribution is -2.03. The lowest BCUT2D eigenvalue weighted by Gasteiger charge is -2.07. The molecule has 0 aliphatic rings. The van der Waals surface area contributed by atoms with E-state index in [0.29, 0.717) is 0 Å². The van der Waals surface area contributed by atoms with Crippen LogP contribution in [-0.2, 0) is 0 Å². The number of ether oxygens (including phenoxy) is 1. The molecule has 0 radical (unpaired) electrons. The predicted molar refractivity (Wildman–Crippen MR) is 65.6 cm³/mol. The highest BCUT2D eigenvalue weighted by Crippen LogP contribution is 2.36. The number of benzene rings is 1. The number of carbonyl (C=O) groups is 1. The van der Waals surface area contributed by atoms with E-state index in [9.17, 15) is 13.6 Å². The molecule has 0 amide bonds. The number of nitrogens with two attached hydrogens (primary N) is 1. The molecule has 100 valence electrons. The number of anilines is 1. The van der Waals surface area contributed by atoms with Gasteiger partial charge in [-0.3, -0.25) is 0 Å². The van der Waals surface area contributed by atoms with Gasteiger partial charge in [-0.25, -0.2) is 9.78 Å². The number of aromatic nitrogens is 1. The Labute approximate surface area is 110 Å². The molecule has 0 bridgehead atoms. The van der Waals surface area contributed by atoms with E-state index < -0.39 is 12.6 Å². The van der Waals surface area contributed by atoms with Gasteiger partial charge in [0.25, 0.3) is 0 Å². The van der Waals surface area contributed by atoms with Crippen LogP contribution >= 0.6 is 11.3 Å². The number of hydrogen-bond acceptors (Lipinski definition) is 5. The van der Waals surface area contributed by atoms with Gasteiger partial charge in [-0.2, -0.15) is 8.78 Å². The van der Waals surface area contributed by atoms with Crippen molar-refractivity contribution >= 4 is 22.3 Å². The van der Waals surface area contributed by atoms with Crippen molar-refractivity contribution in [3.63, 3.8) is 0 Å². The molecular weight excluding hydrogens is 278 g/mol. The smallest absolute Gasteiger partial charge is 0.387 e. The van der Waals surface area contributed by atoms with Crippen LogP contribution in [0.5, 0.6) is 5.75 Å². The summed E-state index contributed by atoms with van der Waals surface area (Å²) in [5, 5.41) is 9.08. The Morgan fingerprint density at radius 3 is 2.68 bits per heavy atom. The van der Waals surface area contributed by atoms with Gasteiger partial charge in [-0.15, -0.1) is 0 Å². The molecule has 0 spiro atoms. The fraction of sp³-hybridized carbons (Fsp3) is 0.0909. The number of rotatable bonds is 4. The fourth-order valence-electron chi connectivity index (χ4n) is 1.44. The maximum atomic E-state index is 12.3. The van der Waals surface area contributed by atoms with Crippen molar-refractivity contribution in [3.8, 4) is 16.3 Å². The molecule has 0 saturated heterocycles. The number of halogens is 2. The number of aromatic carboxylic acids is 1. The SMILES string of the molecule is Nc1sc(-c2ccccc2OC(F)F)nc1C(=O)O. The van der Waals surface area contributed by atoms with Gasteiger partial charge >= 0.3 is 12.6 Å². The minimum Gasteiger partial charge on any atom is -0.476 e. The van der Waals surface area contributed by atoms with Crippen molar-refractivity contribution in [2.24, 2.45) is 0 Å². The number of nitrogen functional groups attached to an aromatic ring is 1. The number of thiazole rings is 1. The number of alkyl halides is 2. The summed E-state index contributed by atoms with van der Waals surface area (Å²) in [5.41, 5.74) is 5.49. The molecular formula is C11H8F2N2O3S. The molecule has 5 nitrogen and oxygen atoms in total. The van der Waals surface area contributed by atoms with Crippen molar-refractivity contribution in [3.05, 3.63) is 30.0 Å². The average Bonchev–Trinajstić information content (AvgIpc) is 2.71. The van der Waals surface area contributed by atoms with Crippen LogP contribution in [0.15, 0.2) is 24.3 Å². The highest BCUT2D eigenvalue weighted by molar-refractivity contribution is 7.19. The number of hydrogen-bond donors (Lipinski definition) is 2. The third-order valence-corrected chi connectivity index (χ3v) is 3.11. The summed E-state index contributed by atoms with van der Waals surface area (Å²) in [5.74, 6) is -1.35. The second-order valence-corrected chi connectivity index (χ2v) is 4.44. The number of para-hydroxylation sites is 1. The predicted octanol–water partition coefficient (Wildman–Crippen LogP) is 2.69. The molecule has 0 aliphatic carbocycles. The molecule has 1 aromatic heterocycles. The molecule has 0 aliphatic heterocycles. The van der Waals surface area contributed by atoms with Crippen LogP contribution in [0, 0.1) is 0 Å². The highest BCUT2D eigenvalue weighted by Gasteiger charge is 2.19. The van der Waals surface area contributed by atoms with E-state index in [1.54, 1.807) is 6.07 Å². The fourth-order valence-corrected chi connectivity index (χ4v) is 2.30. The van der Waals surface area contributed by atoms with Gasteiger partial charge in [0.1, 0.15) is 15.8 Å². The minimum absolute atomic E-state index is 0.00866. The van der Waals surface area contributed by atoms with Gasteiger partial charge in [0, 0.05) is 0 Å². The number of carboxylic acid groups (broad SMARTS) is 1. The van der Waals surface area contributed by atoms with Crippen LogP contribution in [0.2, 0.25) is 0 Å². The molecule has 0 fully saturated rings. The quantitative estimate of drug-likeness (QED) is 0.902. The van der Waals surface area contributed by atoms with Crippen LogP contribution in [0.4, 0.5) is 13.8 Å². The first kappa shape index (κ1) is 13.2. The first-order valence-electron chi connectivity index (χ1n) is 5.03. The summed E-state index contributed by atoms with van der Waals surface area (Å²) in [6.07, 6.45) is 0. The lowest BCUT2D eigenvalue weighted by atomic mass is 10.2. The number of carboxylic acids is 1. The minimum atomic E-state index is -2.97. The molecule has 1 heterocycles. The van der Waals surface area contributed by atoms with E-state index >= 15 is 0 Å². The Balaban J connectivity index is 2.47. The van der Waals surface area contributed by atoms with Crippen LogP contribution in [0.25, 0.3) is 10.6 Å². The second kappa shape index (κ2) is 5.19. The van der Waals surface area contributed by atoms with E-state index in [1.165, 1.54) is 18.2 Å². The summed E-state index contributed by atoms with van der Waals surface area (Å²) in [6, 6.07) is 5.98. The monoisotopic (exact) mass is 286 g/mol. The van der Waals surface area contributed by atoms with Gasteiger partial charge in [-0.1, -0.05) is 23.5 Å². The highest BCUT2D eigenvalue weighted by atomic mass is 32.1. The third kappa shape index (κ3) is 2.79.